The van der Waals surface area contributed by atoms with Crippen LogP contribution in [0.4, 0.5) is 11.5 Å². The standard InChI is InChI=1S/C24H26ClN7O3/c1-14-5-3-8-18(9-14)35-13-21(33)27-20-10-15(2)30-32(20)24-28-22-19(23(34)29-24)12-26-31(22)17-7-4-6-16(25)11-17/h3-11,19,22,24,26,28H,12-13H2,1-2H3,(H,27,33)(H,29,34). The highest BCUT2D eigenvalue weighted by Gasteiger charge is 2.45. The van der Waals surface area contributed by atoms with Gasteiger partial charge in [-0.05, 0) is 49.7 Å². The lowest BCUT2D eigenvalue weighted by Gasteiger charge is -2.37. The van der Waals surface area contributed by atoms with Crippen LogP contribution in [0.3, 0.4) is 0 Å². The molecule has 3 unspecified atom stereocenters. The Hall–Kier alpha value is -3.60. The Labute approximate surface area is 207 Å². The van der Waals surface area contributed by atoms with Gasteiger partial charge in [-0.1, -0.05) is 29.8 Å². The van der Waals surface area contributed by atoms with Crippen LogP contribution < -0.4 is 31.1 Å². The number of hydrazine groups is 1. The van der Waals surface area contributed by atoms with Crippen LogP contribution in [0.2, 0.25) is 5.02 Å². The highest BCUT2D eigenvalue weighted by atomic mass is 35.5. The molecular weight excluding hydrogens is 470 g/mol. The van der Waals surface area contributed by atoms with Crippen LogP contribution in [0.1, 0.15) is 17.5 Å². The van der Waals surface area contributed by atoms with Gasteiger partial charge < -0.3 is 15.4 Å². The SMILES string of the molecule is Cc1cccc(OCC(=O)Nc2cc(C)nn2C2NC(=O)C3CNN(c4cccc(Cl)c4)C3N2)c1. The maximum atomic E-state index is 12.9. The van der Waals surface area contributed by atoms with Gasteiger partial charge >= 0.3 is 0 Å². The lowest BCUT2D eigenvalue weighted by molar-refractivity contribution is -0.129. The Bertz CT molecular complexity index is 1260. The van der Waals surface area contributed by atoms with E-state index < -0.39 is 6.29 Å². The molecule has 0 spiro atoms. The molecule has 5 rings (SSSR count). The van der Waals surface area contributed by atoms with E-state index in [0.29, 0.717) is 28.8 Å². The second-order valence-corrected chi connectivity index (χ2v) is 9.05. The molecule has 11 heteroatoms. The van der Waals surface area contributed by atoms with Crippen molar-refractivity contribution in [1.29, 1.82) is 0 Å². The van der Waals surface area contributed by atoms with Gasteiger partial charge in [-0.25, -0.2) is 10.1 Å². The first-order valence-electron chi connectivity index (χ1n) is 11.3. The van der Waals surface area contributed by atoms with Crippen molar-refractivity contribution in [1.82, 2.24) is 25.8 Å². The van der Waals surface area contributed by atoms with E-state index >= 15 is 0 Å². The highest BCUT2D eigenvalue weighted by Crippen LogP contribution is 2.29. The first-order valence-corrected chi connectivity index (χ1v) is 11.7. The zero-order chi connectivity index (χ0) is 24.5. The quantitative estimate of drug-likeness (QED) is 0.415. The van der Waals surface area contributed by atoms with Crippen LogP contribution in [-0.4, -0.2) is 40.9 Å². The number of amides is 2. The lowest BCUT2D eigenvalue weighted by Crippen LogP contribution is -2.61. The molecule has 4 N–H and O–H groups in total. The minimum absolute atomic E-state index is 0.121. The number of rotatable bonds is 6. The van der Waals surface area contributed by atoms with E-state index in [9.17, 15) is 9.59 Å². The summed E-state index contributed by atoms with van der Waals surface area (Å²) in [4.78, 5) is 25.6. The fourth-order valence-corrected chi connectivity index (χ4v) is 4.49. The average molecular weight is 496 g/mol. The third-order valence-corrected chi connectivity index (χ3v) is 6.14. The summed E-state index contributed by atoms with van der Waals surface area (Å²) in [5.41, 5.74) is 5.84. The molecule has 2 aromatic carbocycles. The van der Waals surface area contributed by atoms with Gasteiger partial charge in [0.2, 0.25) is 5.91 Å². The van der Waals surface area contributed by atoms with Gasteiger partial charge in [0.05, 0.1) is 17.3 Å². The number of aryl methyl sites for hydroxylation is 2. The maximum Gasteiger partial charge on any atom is 0.263 e. The van der Waals surface area contributed by atoms with Crippen molar-refractivity contribution in [2.24, 2.45) is 5.92 Å². The molecule has 0 bridgehead atoms. The average Bonchev–Trinajstić information content (AvgIpc) is 3.41. The van der Waals surface area contributed by atoms with Gasteiger partial charge in [0.25, 0.3) is 5.91 Å². The molecule has 0 radical (unpaired) electrons. The second-order valence-electron chi connectivity index (χ2n) is 8.61. The molecule has 2 amide bonds. The van der Waals surface area contributed by atoms with Crippen LogP contribution in [0.25, 0.3) is 0 Å². The number of aromatic nitrogens is 2. The van der Waals surface area contributed by atoms with Crippen LogP contribution in [0.15, 0.2) is 54.6 Å². The number of fused-ring (bicyclic) bond motifs is 1. The van der Waals surface area contributed by atoms with Gasteiger partial charge in [0.1, 0.15) is 17.7 Å². The summed E-state index contributed by atoms with van der Waals surface area (Å²) in [6, 6.07) is 16.6. The second kappa shape index (κ2) is 9.57. The number of hydrogen-bond donors (Lipinski definition) is 4. The molecule has 3 heterocycles. The molecule has 2 saturated heterocycles. The zero-order valence-corrected chi connectivity index (χ0v) is 20.0. The van der Waals surface area contributed by atoms with Gasteiger partial charge in [-0.2, -0.15) is 5.10 Å². The number of carbonyl (C=O) groups is 2. The van der Waals surface area contributed by atoms with Gasteiger partial charge in [-0.15, -0.1) is 0 Å². The third kappa shape index (κ3) is 4.95. The molecule has 1 aromatic heterocycles. The number of nitrogens with one attached hydrogen (secondary N) is 4. The zero-order valence-electron chi connectivity index (χ0n) is 19.3. The van der Waals surface area contributed by atoms with Crippen molar-refractivity contribution < 1.29 is 14.3 Å². The number of carbonyl (C=O) groups excluding carboxylic acids is 2. The molecule has 182 valence electrons. The minimum Gasteiger partial charge on any atom is -0.484 e. The molecule has 2 fully saturated rings. The van der Waals surface area contributed by atoms with E-state index in [-0.39, 0.29) is 30.5 Å². The fourth-order valence-electron chi connectivity index (χ4n) is 4.31. The molecule has 0 aliphatic carbocycles. The van der Waals surface area contributed by atoms with E-state index in [1.54, 1.807) is 22.9 Å². The Kier molecular flexibility index (Phi) is 6.33. The van der Waals surface area contributed by atoms with E-state index in [0.717, 1.165) is 11.3 Å². The first kappa shape index (κ1) is 23.2. The molecule has 35 heavy (non-hydrogen) atoms. The van der Waals surface area contributed by atoms with Crippen LogP contribution in [-0.2, 0) is 9.59 Å². The molecule has 3 aromatic rings. The number of anilines is 2. The van der Waals surface area contributed by atoms with Gasteiger partial charge in [0.15, 0.2) is 12.9 Å². The van der Waals surface area contributed by atoms with Crippen molar-refractivity contribution in [3.8, 4) is 5.75 Å². The summed E-state index contributed by atoms with van der Waals surface area (Å²) in [5.74, 6) is 0.284. The van der Waals surface area contributed by atoms with Gasteiger partial charge in [-0.3, -0.25) is 19.9 Å². The van der Waals surface area contributed by atoms with Crippen molar-refractivity contribution in [3.05, 3.63) is 70.9 Å². The molecule has 2 aliphatic rings. The van der Waals surface area contributed by atoms with Crippen molar-refractivity contribution >= 4 is 34.9 Å². The third-order valence-electron chi connectivity index (χ3n) is 5.90. The molecule has 3 atom stereocenters. The Balaban J connectivity index is 1.31. The van der Waals surface area contributed by atoms with Crippen LogP contribution in [0.5, 0.6) is 5.75 Å². The number of nitrogens with zero attached hydrogens (tertiary/aromatic N) is 3. The van der Waals surface area contributed by atoms with Crippen molar-refractivity contribution in [2.45, 2.75) is 26.3 Å². The van der Waals surface area contributed by atoms with E-state index in [2.05, 4.69) is 26.5 Å². The van der Waals surface area contributed by atoms with Gasteiger partial charge in [0, 0.05) is 17.6 Å². The summed E-state index contributed by atoms with van der Waals surface area (Å²) in [6.45, 7) is 4.09. The van der Waals surface area contributed by atoms with Crippen LogP contribution in [0, 0.1) is 19.8 Å². The number of halogens is 1. The normalized spacial score (nSPS) is 21.4. The predicted molar refractivity (Wildman–Crippen MR) is 132 cm³/mol. The highest BCUT2D eigenvalue weighted by molar-refractivity contribution is 6.30. The van der Waals surface area contributed by atoms with E-state index in [1.165, 1.54) is 0 Å². The minimum atomic E-state index is -0.674. The summed E-state index contributed by atoms with van der Waals surface area (Å²) in [6.07, 6.45) is -1.02. The van der Waals surface area contributed by atoms with E-state index in [1.807, 2.05) is 55.3 Å². The first-order chi connectivity index (χ1) is 16.9. The Morgan fingerprint density at radius 1 is 1.20 bits per heavy atom. The molecule has 2 aliphatic heterocycles. The Morgan fingerprint density at radius 2 is 2.03 bits per heavy atom. The monoisotopic (exact) mass is 495 g/mol. The lowest BCUT2D eigenvalue weighted by atomic mass is 10.0. The topological polar surface area (TPSA) is 113 Å². The Morgan fingerprint density at radius 3 is 2.83 bits per heavy atom. The fraction of sp³-hybridized carbons (Fsp3) is 0.292. The molecule has 0 saturated carbocycles. The van der Waals surface area contributed by atoms with Crippen molar-refractivity contribution in [2.75, 3.05) is 23.5 Å². The maximum absolute atomic E-state index is 12.9. The molecule has 10 nitrogen and oxygen atoms in total. The summed E-state index contributed by atoms with van der Waals surface area (Å²) in [5, 5.41) is 16.2. The van der Waals surface area contributed by atoms with Crippen LogP contribution >= 0.6 is 11.6 Å². The largest absolute Gasteiger partial charge is 0.484 e. The predicted octanol–water partition coefficient (Wildman–Crippen LogP) is 2.31. The molecular formula is C24H26ClN7O3. The summed E-state index contributed by atoms with van der Waals surface area (Å²) >= 11 is 6.18. The number of benzene rings is 2. The van der Waals surface area contributed by atoms with E-state index in [4.69, 9.17) is 16.3 Å². The summed E-state index contributed by atoms with van der Waals surface area (Å²) < 4.78 is 7.16. The number of ether oxygens (including phenoxy) is 1. The van der Waals surface area contributed by atoms with Crippen molar-refractivity contribution in [3.63, 3.8) is 0 Å². The summed E-state index contributed by atoms with van der Waals surface area (Å²) in [7, 11) is 0. The number of hydrogen-bond acceptors (Lipinski definition) is 7. The smallest absolute Gasteiger partial charge is 0.263 e.